The fourth-order valence-corrected chi connectivity index (χ4v) is 2.99. The van der Waals surface area contributed by atoms with E-state index >= 15 is 0 Å². The van der Waals surface area contributed by atoms with Gasteiger partial charge in [0.2, 0.25) is 0 Å². The molecule has 0 saturated heterocycles. The Morgan fingerprint density at radius 1 is 0.800 bits per heavy atom. The number of hydrogen-bond donors (Lipinski definition) is 1. The lowest BCUT2D eigenvalue weighted by molar-refractivity contribution is -0.138. The molecule has 0 aliphatic heterocycles. The largest absolute Gasteiger partial charge is 0.507 e. The maximum Gasteiger partial charge on any atom is 0.339 e. The van der Waals surface area contributed by atoms with E-state index in [2.05, 4.69) is 0 Å². The summed E-state index contributed by atoms with van der Waals surface area (Å²) in [5.74, 6) is -1.42. The maximum atomic E-state index is 13.4. The number of ether oxygens (including phenoxy) is 1. The highest BCUT2D eigenvalue weighted by Crippen LogP contribution is 2.28. The average Bonchev–Trinajstić information content (AvgIpc) is 2.80. The summed E-state index contributed by atoms with van der Waals surface area (Å²) in [5.41, 5.74) is 1.39. The second kappa shape index (κ2) is 10.0. The zero-order valence-corrected chi connectivity index (χ0v) is 16.6. The Labute approximate surface area is 175 Å². The Morgan fingerprint density at radius 2 is 1.30 bits per heavy atom. The predicted octanol–water partition coefficient (Wildman–Crippen LogP) is 5.49. The van der Waals surface area contributed by atoms with Gasteiger partial charge in [-0.2, -0.15) is 0 Å². The Balaban J connectivity index is 2.26. The SMILES string of the molecule is CCOC(=O)C(=C\c1ccccc1)/C(C(=O)c1ccccc1)=C(/O)c1ccccc1. The van der Waals surface area contributed by atoms with Gasteiger partial charge in [-0.25, -0.2) is 4.79 Å². The third-order valence-corrected chi connectivity index (χ3v) is 4.42. The molecule has 0 aliphatic rings. The third-order valence-electron chi connectivity index (χ3n) is 4.42. The Kier molecular flexibility index (Phi) is 6.95. The number of aliphatic hydroxyl groups is 1. The molecule has 3 aromatic carbocycles. The first kappa shape index (κ1) is 20.8. The second-order valence-corrected chi connectivity index (χ2v) is 6.47. The Morgan fingerprint density at radius 3 is 1.83 bits per heavy atom. The third kappa shape index (κ3) is 4.92. The molecule has 0 aromatic heterocycles. The average molecular weight is 398 g/mol. The highest BCUT2D eigenvalue weighted by atomic mass is 16.5. The minimum absolute atomic E-state index is 0.00161. The first-order valence-electron chi connectivity index (χ1n) is 9.64. The van der Waals surface area contributed by atoms with Crippen molar-refractivity contribution in [3.63, 3.8) is 0 Å². The number of hydrogen-bond acceptors (Lipinski definition) is 4. The van der Waals surface area contributed by atoms with Gasteiger partial charge in [-0.3, -0.25) is 4.79 Å². The van der Waals surface area contributed by atoms with Crippen LogP contribution in [0.3, 0.4) is 0 Å². The van der Waals surface area contributed by atoms with Crippen LogP contribution in [0.4, 0.5) is 0 Å². The number of ketones is 1. The van der Waals surface area contributed by atoms with Gasteiger partial charge >= 0.3 is 5.97 Å². The van der Waals surface area contributed by atoms with Crippen LogP contribution in [0.5, 0.6) is 0 Å². The van der Waals surface area contributed by atoms with Gasteiger partial charge < -0.3 is 9.84 Å². The number of carbonyl (C=O) groups is 2. The normalized spacial score (nSPS) is 12.1. The first-order chi connectivity index (χ1) is 14.6. The summed E-state index contributed by atoms with van der Waals surface area (Å²) in [7, 11) is 0. The molecule has 3 rings (SSSR count). The summed E-state index contributed by atoms with van der Waals surface area (Å²) < 4.78 is 5.22. The van der Waals surface area contributed by atoms with Crippen molar-refractivity contribution in [1.82, 2.24) is 0 Å². The number of esters is 1. The van der Waals surface area contributed by atoms with Gasteiger partial charge in [0.25, 0.3) is 0 Å². The van der Waals surface area contributed by atoms with Crippen molar-refractivity contribution in [1.29, 1.82) is 0 Å². The van der Waals surface area contributed by atoms with E-state index in [-0.39, 0.29) is 23.5 Å². The molecule has 0 unspecified atom stereocenters. The van der Waals surface area contributed by atoms with Gasteiger partial charge in [-0.15, -0.1) is 0 Å². The molecule has 0 atom stereocenters. The summed E-state index contributed by atoms with van der Waals surface area (Å²) in [4.78, 5) is 26.3. The van der Waals surface area contributed by atoms with Crippen LogP contribution in [0, 0.1) is 0 Å². The molecule has 0 fully saturated rings. The van der Waals surface area contributed by atoms with Crippen LogP contribution in [-0.2, 0) is 9.53 Å². The monoisotopic (exact) mass is 398 g/mol. The molecule has 0 saturated carbocycles. The molecule has 150 valence electrons. The van der Waals surface area contributed by atoms with E-state index in [1.54, 1.807) is 67.6 Å². The molecular formula is C26H22O4. The van der Waals surface area contributed by atoms with Crippen LogP contribution in [-0.4, -0.2) is 23.5 Å². The first-order valence-corrected chi connectivity index (χ1v) is 9.64. The van der Waals surface area contributed by atoms with Crippen molar-refractivity contribution in [2.24, 2.45) is 0 Å². The number of benzene rings is 3. The maximum absolute atomic E-state index is 13.4. The number of carbonyl (C=O) groups excluding carboxylic acids is 2. The van der Waals surface area contributed by atoms with Crippen molar-refractivity contribution in [2.45, 2.75) is 6.92 Å². The molecule has 3 aromatic rings. The molecule has 0 bridgehead atoms. The lowest BCUT2D eigenvalue weighted by Gasteiger charge is -2.14. The fraction of sp³-hybridized carbons (Fsp3) is 0.0769. The van der Waals surface area contributed by atoms with Crippen LogP contribution >= 0.6 is 0 Å². The van der Waals surface area contributed by atoms with Crippen LogP contribution in [0.1, 0.15) is 28.4 Å². The van der Waals surface area contributed by atoms with Crippen molar-refractivity contribution < 1.29 is 19.4 Å². The van der Waals surface area contributed by atoms with Gasteiger partial charge in [0, 0.05) is 11.1 Å². The van der Waals surface area contributed by atoms with Crippen LogP contribution in [0.15, 0.2) is 102 Å². The van der Waals surface area contributed by atoms with Crippen LogP contribution in [0.2, 0.25) is 0 Å². The van der Waals surface area contributed by atoms with E-state index in [1.807, 2.05) is 36.4 Å². The minimum atomic E-state index is -0.678. The van der Waals surface area contributed by atoms with Gasteiger partial charge in [0.15, 0.2) is 5.78 Å². The zero-order valence-electron chi connectivity index (χ0n) is 16.6. The second-order valence-electron chi connectivity index (χ2n) is 6.47. The lowest BCUT2D eigenvalue weighted by Crippen LogP contribution is -2.17. The molecule has 0 radical (unpaired) electrons. The van der Waals surface area contributed by atoms with Crippen LogP contribution in [0.25, 0.3) is 11.8 Å². The van der Waals surface area contributed by atoms with Gasteiger partial charge in [-0.05, 0) is 18.6 Å². The lowest BCUT2D eigenvalue weighted by atomic mass is 9.92. The predicted molar refractivity (Wildman–Crippen MR) is 118 cm³/mol. The molecular weight excluding hydrogens is 376 g/mol. The fourth-order valence-electron chi connectivity index (χ4n) is 2.99. The van der Waals surface area contributed by atoms with E-state index < -0.39 is 11.8 Å². The van der Waals surface area contributed by atoms with Crippen molar-refractivity contribution >= 4 is 23.6 Å². The van der Waals surface area contributed by atoms with E-state index in [9.17, 15) is 14.7 Å². The minimum Gasteiger partial charge on any atom is -0.507 e. The standard InChI is InChI=1S/C26H22O4/c1-2-30-26(29)22(18-19-12-6-3-7-13-19)23(24(27)20-14-8-4-9-15-20)25(28)21-16-10-5-11-17-21/h3-18,27H,2H2,1H3/b22-18-,24-23-. The molecule has 0 spiro atoms. The van der Waals surface area contributed by atoms with E-state index in [4.69, 9.17) is 4.74 Å². The zero-order chi connectivity index (χ0) is 21.3. The smallest absolute Gasteiger partial charge is 0.339 e. The quantitative estimate of drug-likeness (QED) is 0.188. The highest BCUT2D eigenvalue weighted by Gasteiger charge is 2.27. The van der Waals surface area contributed by atoms with Gasteiger partial charge in [-0.1, -0.05) is 91.0 Å². The number of Topliss-reactive ketones (excluding diaryl/α,β-unsaturated/α-hetero) is 1. The summed E-state index contributed by atoms with van der Waals surface area (Å²) in [6, 6.07) is 26.3. The van der Waals surface area contributed by atoms with E-state index in [0.29, 0.717) is 16.7 Å². The van der Waals surface area contributed by atoms with Crippen molar-refractivity contribution in [2.75, 3.05) is 6.61 Å². The van der Waals surface area contributed by atoms with Gasteiger partial charge in [0.05, 0.1) is 17.8 Å². The molecule has 0 aliphatic carbocycles. The summed E-state index contributed by atoms with van der Waals surface area (Å²) in [5, 5.41) is 11.1. The number of aliphatic hydroxyl groups excluding tert-OH is 1. The topological polar surface area (TPSA) is 63.6 Å². The summed E-state index contributed by atoms with van der Waals surface area (Å²) in [6.45, 7) is 1.83. The molecule has 0 heterocycles. The van der Waals surface area contributed by atoms with Gasteiger partial charge in [0.1, 0.15) is 5.76 Å². The Bertz CT molecular complexity index is 1070. The number of rotatable bonds is 7. The molecule has 1 N–H and O–H groups in total. The van der Waals surface area contributed by atoms with Crippen molar-refractivity contribution in [3.8, 4) is 0 Å². The van der Waals surface area contributed by atoms with Crippen LogP contribution < -0.4 is 0 Å². The molecule has 0 amide bonds. The summed E-state index contributed by atoms with van der Waals surface area (Å²) >= 11 is 0. The van der Waals surface area contributed by atoms with Crippen molar-refractivity contribution in [3.05, 3.63) is 119 Å². The molecule has 30 heavy (non-hydrogen) atoms. The van der Waals surface area contributed by atoms with E-state index in [1.165, 1.54) is 0 Å². The summed E-state index contributed by atoms with van der Waals surface area (Å²) in [6.07, 6.45) is 1.56. The highest BCUT2D eigenvalue weighted by molar-refractivity contribution is 6.22. The van der Waals surface area contributed by atoms with E-state index in [0.717, 1.165) is 0 Å². The Hall–Kier alpha value is -3.92. The molecule has 4 nitrogen and oxygen atoms in total. The molecule has 4 heteroatoms.